The Hall–Kier alpha value is -0.120. The molecule has 0 aromatic carbocycles. The second-order valence-corrected chi connectivity index (χ2v) is 8.41. The van der Waals surface area contributed by atoms with Crippen molar-refractivity contribution >= 4 is 0 Å². The van der Waals surface area contributed by atoms with Crippen molar-refractivity contribution in [2.24, 2.45) is 17.6 Å². The lowest BCUT2D eigenvalue weighted by atomic mass is 9.72. The zero-order valence-electron chi connectivity index (χ0n) is 13.8. The summed E-state index contributed by atoms with van der Waals surface area (Å²) in [4.78, 5) is 5.61. The highest BCUT2D eigenvalue weighted by molar-refractivity contribution is 5.04. The molecular formula is C18H33N3. The number of nitrogens with zero attached hydrogens (tertiary/aromatic N) is 2. The Morgan fingerprint density at radius 2 is 1.90 bits per heavy atom. The molecule has 4 unspecified atom stereocenters. The fourth-order valence-corrected chi connectivity index (χ4v) is 5.77. The first-order chi connectivity index (χ1) is 10.2. The molecule has 2 aliphatic heterocycles. The number of rotatable bonds is 3. The van der Waals surface area contributed by atoms with Crippen LogP contribution < -0.4 is 5.73 Å². The van der Waals surface area contributed by atoms with Gasteiger partial charge in [-0.05, 0) is 63.8 Å². The summed E-state index contributed by atoms with van der Waals surface area (Å²) >= 11 is 0. The molecule has 3 heteroatoms. The van der Waals surface area contributed by atoms with Crippen molar-refractivity contribution in [2.75, 3.05) is 26.2 Å². The Bertz CT molecular complexity index is 381. The zero-order valence-corrected chi connectivity index (χ0v) is 13.8. The summed E-state index contributed by atoms with van der Waals surface area (Å²) < 4.78 is 0. The molecule has 120 valence electrons. The SMILES string of the molecule is CC1CN2CCCC2CN1C1(CN)CCCC(C2CC2)C1. The first-order valence-corrected chi connectivity index (χ1v) is 9.43. The Morgan fingerprint density at radius 1 is 1.05 bits per heavy atom. The van der Waals surface area contributed by atoms with E-state index < -0.39 is 0 Å². The van der Waals surface area contributed by atoms with Crippen LogP contribution in [0.25, 0.3) is 0 Å². The summed E-state index contributed by atoms with van der Waals surface area (Å²) in [6.07, 6.45) is 11.4. The molecule has 4 atom stereocenters. The molecule has 0 bridgehead atoms. The van der Waals surface area contributed by atoms with Crippen molar-refractivity contribution in [3.05, 3.63) is 0 Å². The minimum absolute atomic E-state index is 0.333. The summed E-state index contributed by atoms with van der Waals surface area (Å²) in [7, 11) is 0. The predicted molar refractivity (Wildman–Crippen MR) is 87.2 cm³/mol. The number of hydrogen-bond donors (Lipinski definition) is 1. The monoisotopic (exact) mass is 291 g/mol. The van der Waals surface area contributed by atoms with E-state index in [1.54, 1.807) is 0 Å². The van der Waals surface area contributed by atoms with Gasteiger partial charge in [0.1, 0.15) is 0 Å². The van der Waals surface area contributed by atoms with E-state index in [-0.39, 0.29) is 0 Å². The topological polar surface area (TPSA) is 32.5 Å². The molecule has 21 heavy (non-hydrogen) atoms. The van der Waals surface area contributed by atoms with Gasteiger partial charge in [-0.15, -0.1) is 0 Å². The average molecular weight is 291 g/mol. The Labute approximate surface area is 130 Å². The number of piperazine rings is 1. The molecule has 2 aliphatic carbocycles. The normalized spacial score (nSPS) is 45.7. The third-order valence-electron chi connectivity index (χ3n) is 7.07. The van der Waals surface area contributed by atoms with Crippen molar-refractivity contribution < 1.29 is 0 Å². The molecule has 3 nitrogen and oxygen atoms in total. The molecule has 0 spiro atoms. The van der Waals surface area contributed by atoms with Crippen molar-refractivity contribution in [3.63, 3.8) is 0 Å². The van der Waals surface area contributed by atoms with Gasteiger partial charge in [0.2, 0.25) is 0 Å². The van der Waals surface area contributed by atoms with Crippen molar-refractivity contribution in [1.29, 1.82) is 0 Å². The minimum atomic E-state index is 0.333. The van der Waals surface area contributed by atoms with Crippen LogP contribution in [0.15, 0.2) is 0 Å². The van der Waals surface area contributed by atoms with Crippen LogP contribution >= 0.6 is 0 Å². The second-order valence-electron chi connectivity index (χ2n) is 8.41. The van der Waals surface area contributed by atoms with E-state index in [4.69, 9.17) is 5.73 Å². The van der Waals surface area contributed by atoms with Gasteiger partial charge in [-0.1, -0.05) is 12.8 Å². The van der Waals surface area contributed by atoms with Gasteiger partial charge in [0.25, 0.3) is 0 Å². The predicted octanol–water partition coefficient (Wildman–Crippen LogP) is 2.45. The van der Waals surface area contributed by atoms with Crippen LogP contribution in [0.4, 0.5) is 0 Å². The number of fused-ring (bicyclic) bond motifs is 1. The Morgan fingerprint density at radius 3 is 2.67 bits per heavy atom. The molecule has 0 radical (unpaired) electrons. The maximum atomic E-state index is 6.40. The first kappa shape index (κ1) is 14.5. The van der Waals surface area contributed by atoms with Gasteiger partial charge in [-0.3, -0.25) is 9.80 Å². The van der Waals surface area contributed by atoms with Crippen LogP contribution in [0.5, 0.6) is 0 Å². The molecule has 0 amide bonds. The smallest absolute Gasteiger partial charge is 0.0338 e. The van der Waals surface area contributed by atoms with Gasteiger partial charge >= 0.3 is 0 Å². The third kappa shape index (κ3) is 2.55. The standard InChI is InChI=1S/C18H33N3/c1-14-11-20-9-3-5-17(20)12-21(14)18(13-19)8-2-4-16(10-18)15-6-7-15/h14-17H,2-13,19H2,1H3. The lowest BCUT2D eigenvalue weighted by molar-refractivity contribution is -0.0493. The first-order valence-electron chi connectivity index (χ1n) is 9.43. The van der Waals surface area contributed by atoms with E-state index in [1.165, 1.54) is 71.0 Å². The molecule has 2 heterocycles. The van der Waals surface area contributed by atoms with Crippen LogP contribution in [0.2, 0.25) is 0 Å². The Balaban J connectivity index is 1.53. The average Bonchev–Trinajstić information content (AvgIpc) is 3.26. The van der Waals surface area contributed by atoms with Gasteiger partial charge in [0.15, 0.2) is 0 Å². The molecule has 4 aliphatic rings. The van der Waals surface area contributed by atoms with E-state index in [2.05, 4.69) is 16.7 Å². The Kier molecular flexibility index (Phi) is 3.79. The van der Waals surface area contributed by atoms with E-state index in [0.717, 1.165) is 24.4 Å². The quantitative estimate of drug-likeness (QED) is 0.867. The maximum Gasteiger partial charge on any atom is 0.0338 e. The highest BCUT2D eigenvalue weighted by Gasteiger charge is 2.48. The van der Waals surface area contributed by atoms with Crippen LogP contribution in [0, 0.1) is 11.8 Å². The molecule has 4 fully saturated rings. The fourth-order valence-electron chi connectivity index (χ4n) is 5.77. The van der Waals surface area contributed by atoms with E-state index in [0.29, 0.717) is 11.6 Å². The lowest BCUT2D eigenvalue weighted by Gasteiger charge is -2.55. The number of nitrogens with two attached hydrogens (primary N) is 1. The molecule has 2 saturated heterocycles. The van der Waals surface area contributed by atoms with Crippen molar-refractivity contribution in [1.82, 2.24) is 9.80 Å². The molecular weight excluding hydrogens is 258 g/mol. The van der Waals surface area contributed by atoms with Crippen LogP contribution in [-0.2, 0) is 0 Å². The summed E-state index contributed by atoms with van der Waals surface area (Å²) in [6, 6.07) is 1.52. The van der Waals surface area contributed by atoms with Gasteiger partial charge in [0, 0.05) is 37.3 Å². The summed E-state index contributed by atoms with van der Waals surface area (Å²) in [5.41, 5.74) is 6.73. The summed E-state index contributed by atoms with van der Waals surface area (Å²) in [5.74, 6) is 2.04. The zero-order chi connectivity index (χ0) is 14.4. The highest BCUT2D eigenvalue weighted by atomic mass is 15.3. The summed E-state index contributed by atoms with van der Waals surface area (Å²) in [5, 5.41) is 0. The third-order valence-corrected chi connectivity index (χ3v) is 7.07. The van der Waals surface area contributed by atoms with Gasteiger partial charge in [0.05, 0.1) is 0 Å². The van der Waals surface area contributed by atoms with Crippen LogP contribution in [-0.4, -0.2) is 53.6 Å². The van der Waals surface area contributed by atoms with E-state index in [1.807, 2.05) is 0 Å². The van der Waals surface area contributed by atoms with Crippen molar-refractivity contribution in [3.8, 4) is 0 Å². The van der Waals surface area contributed by atoms with Crippen LogP contribution in [0.1, 0.15) is 58.3 Å². The lowest BCUT2D eigenvalue weighted by Crippen LogP contribution is -2.66. The largest absolute Gasteiger partial charge is 0.329 e. The highest BCUT2D eigenvalue weighted by Crippen LogP contribution is 2.49. The van der Waals surface area contributed by atoms with Crippen molar-refractivity contribution in [2.45, 2.75) is 75.9 Å². The second kappa shape index (κ2) is 5.50. The molecule has 2 N–H and O–H groups in total. The minimum Gasteiger partial charge on any atom is -0.329 e. The molecule has 0 aromatic rings. The maximum absolute atomic E-state index is 6.40. The molecule has 0 aromatic heterocycles. The van der Waals surface area contributed by atoms with E-state index in [9.17, 15) is 0 Å². The number of hydrogen-bond acceptors (Lipinski definition) is 3. The van der Waals surface area contributed by atoms with Gasteiger partial charge < -0.3 is 5.73 Å². The van der Waals surface area contributed by atoms with Gasteiger partial charge in [-0.2, -0.15) is 0 Å². The van der Waals surface area contributed by atoms with Crippen LogP contribution in [0.3, 0.4) is 0 Å². The van der Waals surface area contributed by atoms with Gasteiger partial charge in [-0.25, -0.2) is 0 Å². The molecule has 4 rings (SSSR count). The fraction of sp³-hybridized carbons (Fsp3) is 1.00. The van der Waals surface area contributed by atoms with E-state index >= 15 is 0 Å². The molecule has 2 saturated carbocycles. The summed E-state index contributed by atoms with van der Waals surface area (Å²) in [6.45, 7) is 7.24.